The number of rotatable bonds is 5. The molecule has 0 bridgehead atoms. The molecule has 118 valence electrons. The van der Waals surface area contributed by atoms with E-state index >= 15 is 0 Å². The first kappa shape index (κ1) is 16.4. The number of hydrogen-bond acceptors (Lipinski definition) is 6. The van der Waals surface area contributed by atoms with Gasteiger partial charge < -0.3 is 10.6 Å². The predicted octanol–water partition coefficient (Wildman–Crippen LogP) is 0.961. The second-order valence-corrected chi connectivity index (χ2v) is 7.09. The molecule has 7 heteroatoms. The van der Waals surface area contributed by atoms with Gasteiger partial charge in [0.25, 0.3) is 0 Å². The van der Waals surface area contributed by atoms with Crippen molar-refractivity contribution in [2.75, 3.05) is 19.8 Å². The molecule has 2 aromatic carbocycles. The first-order chi connectivity index (χ1) is 10.3. The van der Waals surface area contributed by atoms with E-state index in [0.717, 1.165) is 5.39 Å². The summed E-state index contributed by atoms with van der Waals surface area (Å²) in [6, 6.07) is 10.9. The molecule has 0 amide bonds. The van der Waals surface area contributed by atoms with Crippen LogP contribution in [0, 0.1) is 0 Å². The first-order valence-electron chi connectivity index (χ1n) is 6.66. The Hall–Kier alpha value is -1.96. The minimum atomic E-state index is -3.71. The maximum atomic E-state index is 12.5. The number of carbonyl (C=O) groups is 1. The van der Waals surface area contributed by atoms with Crippen LogP contribution in [0.1, 0.15) is 0 Å². The molecular formula is C15H18N2O4S. The molecule has 0 heterocycles. The van der Waals surface area contributed by atoms with E-state index in [4.69, 9.17) is 10.6 Å². The molecule has 22 heavy (non-hydrogen) atoms. The van der Waals surface area contributed by atoms with Gasteiger partial charge in [0.1, 0.15) is 6.04 Å². The Balaban J connectivity index is 2.32. The largest absolute Gasteiger partial charge is 0.367 e. The monoisotopic (exact) mass is 322 g/mol. The molecule has 2 rings (SSSR count). The smallest absolute Gasteiger partial charge is 0.342 e. The standard InChI is InChI=1S/C15H18N2O4S/c1-17(2)21-15(18)13(16)10-22(19,20)14-9-5-7-11-6-3-4-8-12(11)14/h3-9,13H,10,16H2,1-2H3/t13-/m0/s1. The molecule has 0 aromatic heterocycles. The maximum absolute atomic E-state index is 12.5. The molecule has 0 radical (unpaired) electrons. The van der Waals surface area contributed by atoms with Crippen molar-refractivity contribution in [2.45, 2.75) is 10.9 Å². The fraction of sp³-hybridized carbons (Fsp3) is 0.267. The van der Waals surface area contributed by atoms with Crippen LogP contribution in [0.15, 0.2) is 47.4 Å². The Labute approximate surface area is 129 Å². The average molecular weight is 322 g/mol. The van der Waals surface area contributed by atoms with Gasteiger partial charge in [0.05, 0.1) is 10.6 Å². The number of nitrogens with two attached hydrogens (primary N) is 1. The van der Waals surface area contributed by atoms with Crippen LogP contribution in [0.3, 0.4) is 0 Å². The minimum Gasteiger partial charge on any atom is -0.367 e. The fourth-order valence-electron chi connectivity index (χ4n) is 2.11. The van der Waals surface area contributed by atoms with Crippen molar-refractivity contribution in [3.8, 4) is 0 Å². The van der Waals surface area contributed by atoms with Crippen molar-refractivity contribution in [2.24, 2.45) is 5.73 Å². The van der Waals surface area contributed by atoms with E-state index < -0.39 is 27.6 Å². The van der Waals surface area contributed by atoms with Crippen LogP contribution < -0.4 is 5.73 Å². The van der Waals surface area contributed by atoms with E-state index in [-0.39, 0.29) is 4.90 Å². The van der Waals surface area contributed by atoms with Gasteiger partial charge in [-0.15, -0.1) is 5.06 Å². The lowest BCUT2D eigenvalue weighted by atomic mass is 10.1. The Morgan fingerprint density at radius 1 is 1.18 bits per heavy atom. The predicted molar refractivity (Wildman–Crippen MR) is 83.8 cm³/mol. The highest BCUT2D eigenvalue weighted by molar-refractivity contribution is 7.91. The van der Waals surface area contributed by atoms with E-state index in [2.05, 4.69) is 0 Å². The van der Waals surface area contributed by atoms with Gasteiger partial charge in [-0.25, -0.2) is 13.2 Å². The SMILES string of the molecule is CN(C)OC(=O)[C@@H](N)CS(=O)(=O)c1cccc2ccccc12. The van der Waals surface area contributed by atoms with Crippen molar-refractivity contribution < 1.29 is 18.0 Å². The lowest BCUT2D eigenvalue weighted by Crippen LogP contribution is -2.40. The number of hydroxylamine groups is 2. The second-order valence-electron chi connectivity index (χ2n) is 5.09. The van der Waals surface area contributed by atoms with E-state index in [1.54, 1.807) is 18.2 Å². The Kier molecular flexibility index (Phi) is 4.80. The Morgan fingerprint density at radius 2 is 1.82 bits per heavy atom. The number of sulfone groups is 1. The number of carbonyl (C=O) groups excluding carboxylic acids is 1. The summed E-state index contributed by atoms with van der Waals surface area (Å²) in [7, 11) is -0.676. The first-order valence-corrected chi connectivity index (χ1v) is 8.32. The van der Waals surface area contributed by atoms with Crippen LogP contribution in [0.4, 0.5) is 0 Å². The van der Waals surface area contributed by atoms with Crippen molar-refractivity contribution in [1.82, 2.24) is 5.06 Å². The molecule has 6 nitrogen and oxygen atoms in total. The quantitative estimate of drug-likeness (QED) is 0.825. The normalized spacial score (nSPS) is 13.3. The highest BCUT2D eigenvalue weighted by atomic mass is 32.2. The number of hydrogen-bond donors (Lipinski definition) is 1. The third kappa shape index (κ3) is 3.62. The minimum absolute atomic E-state index is 0.165. The third-order valence-corrected chi connectivity index (χ3v) is 4.88. The van der Waals surface area contributed by atoms with Gasteiger partial charge in [0.15, 0.2) is 9.84 Å². The second kappa shape index (κ2) is 6.43. The molecule has 0 aliphatic carbocycles. The number of fused-ring (bicyclic) bond motifs is 1. The van der Waals surface area contributed by atoms with Crippen molar-refractivity contribution >= 4 is 26.6 Å². The molecular weight excluding hydrogens is 304 g/mol. The zero-order valence-electron chi connectivity index (χ0n) is 12.4. The molecule has 0 spiro atoms. The van der Waals surface area contributed by atoms with Crippen LogP contribution in [-0.2, 0) is 19.5 Å². The molecule has 0 unspecified atom stereocenters. The summed E-state index contributed by atoms with van der Waals surface area (Å²) in [5.41, 5.74) is 5.65. The summed E-state index contributed by atoms with van der Waals surface area (Å²) >= 11 is 0. The van der Waals surface area contributed by atoms with Crippen LogP contribution >= 0.6 is 0 Å². The van der Waals surface area contributed by atoms with E-state index in [0.29, 0.717) is 5.39 Å². The van der Waals surface area contributed by atoms with Crippen molar-refractivity contribution in [3.63, 3.8) is 0 Å². The summed E-state index contributed by atoms with van der Waals surface area (Å²) in [6.45, 7) is 0. The van der Waals surface area contributed by atoms with Gasteiger partial charge in [-0.2, -0.15) is 0 Å². The third-order valence-electron chi connectivity index (χ3n) is 3.06. The van der Waals surface area contributed by atoms with Crippen molar-refractivity contribution in [3.05, 3.63) is 42.5 Å². The van der Waals surface area contributed by atoms with Crippen LogP contribution in [0.5, 0.6) is 0 Å². The summed E-state index contributed by atoms with van der Waals surface area (Å²) in [5, 5.41) is 2.60. The van der Waals surface area contributed by atoms with Gasteiger partial charge in [-0.1, -0.05) is 36.4 Å². The van der Waals surface area contributed by atoms with E-state index in [1.165, 1.54) is 25.2 Å². The lowest BCUT2D eigenvalue weighted by Gasteiger charge is -2.15. The molecule has 2 N–H and O–H groups in total. The summed E-state index contributed by atoms with van der Waals surface area (Å²) < 4.78 is 25.1. The molecule has 0 saturated heterocycles. The Morgan fingerprint density at radius 3 is 2.50 bits per heavy atom. The highest BCUT2D eigenvalue weighted by Gasteiger charge is 2.26. The zero-order chi connectivity index (χ0) is 16.3. The molecule has 1 atom stereocenters. The molecule has 0 aliphatic rings. The summed E-state index contributed by atoms with van der Waals surface area (Å²) in [4.78, 5) is 16.6. The van der Waals surface area contributed by atoms with Crippen LogP contribution in [-0.4, -0.2) is 45.3 Å². The molecule has 0 aliphatic heterocycles. The molecule has 2 aromatic rings. The van der Waals surface area contributed by atoms with Crippen LogP contribution in [0.2, 0.25) is 0 Å². The maximum Gasteiger partial charge on any atom is 0.342 e. The summed E-state index contributed by atoms with van der Waals surface area (Å²) in [6.07, 6.45) is 0. The van der Waals surface area contributed by atoms with Gasteiger partial charge in [0, 0.05) is 19.5 Å². The van der Waals surface area contributed by atoms with Gasteiger partial charge in [0.2, 0.25) is 0 Å². The van der Waals surface area contributed by atoms with E-state index in [1.807, 2.05) is 18.2 Å². The Bertz CT molecular complexity index is 782. The number of benzene rings is 2. The van der Waals surface area contributed by atoms with Gasteiger partial charge in [-0.05, 0) is 11.5 Å². The van der Waals surface area contributed by atoms with Crippen LogP contribution in [0.25, 0.3) is 10.8 Å². The zero-order valence-corrected chi connectivity index (χ0v) is 13.2. The van der Waals surface area contributed by atoms with Crippen molar-refractivity contribution in [1.29, 1.82) is 0 Å². The topological polar surface area (TPSA) is 89.7 Å². The number of nitrogens with zero attached hydrogens (tertiary/aromatic N) is 1. The highest BCUT2D eigenvalue weighted by Crippen LogP contribution is 2.24. The average Bonchev–Trinajstić information content (AvgIpc) is 2.45. The molecule has 0 fully saturated rings. The van der Waals surface area contributed by atoms with Gasteiger partial charge in [-0.3, -0.25) is 0 Å². The fourth-order valence-corrected chi connectivity index (χ4v) is 3.70. The molecule has 0 saturated carbocycles. The summed E-state index contributed by atoms with van der Waals surface area (Å²) in [5.74, 6) is -1.29. The van der Waals surface area contributed by atoms with E-state index in [9.17, 15) is 13.2 Å². The van der Waals surface area contributed by atoms with Gasteiger partial charge >= 0.3 is 5.97 Å². The lowest BCUT2D eigenvalue weighted by molar-refractivity contribution is -0.179.